The zero-order valence-electron chi connectivity index (χ0n) is 17.7. The summed E-state index contributed by atoms with van der Waals surface area (Å²) in [6, 6.07) is 0. The van der Waals surface area contributed by atoms with Gasteiger partial charge in [0.1, 0.15) is 0 Å². The normalized spacial score (nSPS) is 15.4. The first-order chi connectivity index (χ1) is 9.91. The molecule has 2 radical (unpaired) electrons. The summed E-state index contributed by atoms with van der Waals surface area (Å²) in [7, 11) is -10.6. The minimum absolute atomic E-state index is 0. The van der Waals surface area contributed by atoms with Gasteiger partial charge in [-0.05, 0) is 78.6 Å². The molecule has 0 aromatic rings. The van der Waals surface area contributed by atoms with Crippen LogP contribution >= 0.6 is 0 Å². The van der Waals surface area contributed by atoms with Crippen LogP contribution in [-0.2, 0) is 53.3 Å². The largest absolute Gasteiger partial charge is 0.437 e. The van der Waals surface area contributed by atoms with Gasteiger partial charge in [-0.25, -0.2) is 0 Å². The number of hydrogen-bond acceptors (Lipinski definition) is 5. The van der Waals surface area contributed by atoms with E-state index in [2.05, 4.69) is 72.0 Å². The molecule has 1 atom stereocenters. The van der Waals surface area contributed by atoms with Crippen molar-refractivity contribution in [3.8, 4) is 0 Å². The van der Waals surface area contributed by atoms with Gasteiger partial charge in [0.05, 0.1) is 0 Å². The summed E-state index contributed by atoms with van der Waals surface area (Å²) >= 11 is 0. The molecular formula is C12H37O5Si6Y. The second-order valence-electron chi connectivity index (χ2n) is 8.63. The molecule has 0 bridgehead atoms. The van der Waals surface area contributed by atoms with E-state index in [0.29, 0.717) is 0 Å². The van der Waals surface area contributed by atoms with Crippen LogP contribution in [0.4, 0.5) is 0 Å². The quantitative estimate of drug-likeness (QED) is 0.407. The molecule has 24 heavy (non-hydrogen) atoms. The van der Waals surface area contributed by atoms with Crippen LogP contribution in [0, 0.1) is 0 Å². The van der Waals surface area contributed by atoms with Crippen LogP contribution in [0.2, 0.25) is 78.6 Å². The molecule has 142 valence electrons. The summed E-state index contributed by atoms with van der Waals surface area (Å²) in [6.45, 7) is 25.7. The maximum absolute atomic E-state index is 6.21. The standard InChI is InChI=1S/C12H37O5Si6.Y/c1-18(14-22(9,10)16-20(3,4)5)13-19(2)15-23(11,12)17-21(6,7)8;/h18H,1-12H3;. The second kappa shape index (κ2) is 10.7. The third-order valence-electron chi connectivity index (χ3n) is 2.28. The molecule has 0 fully saturated rings. The van der Waals surface area contributed by atoms with Gasteiger partial charge in [-0.2, -0.15) is 0 Å². The Balaban J connectivity index is 0. The first kappa shape index (κ1) is 28.4. The molecule has 5 nitrogen and oxygen atoms in total. The van der Waals surface area contributed by atoms with Crippen LogP contribution in [0.3, 0.4) is 0 Å². The maximum Gasteiger partial charge on any atom is 0.362 e. The zero-order chi connectivity index (χ0) is 18.7. The molecule has 0 aromatic heterocycles. The van der Waals surface area contributed by atoms with E-state index >= 15 is 0 Å². The Kier molecular flexibility index (Phi) is 12.6. The molecule has 0 aliphatic heterocycles. The Morgan fingerprint density at radius 3 is 1.46 bits per heavy atom. The van der Waals surface area contributed by atoms with E-state index in [0.717, 1.165) is 0 Å². The van der Waals surface area contributed by atoms with E-state index in [1.165, 1.54) is 0 Å². The summed E-state index contributed by atoms with van der Waals surface area (Å²) in [6.07, 6.45) is 0. The van der Waals surface area contributed by atoms with Crippen LogP contribution < -0.4 is 0 Å². The number of hydrogen-bond donors (Lipinski definition) is 0. The van der Waals surface area contributed by atoms with E-state index in [1.54, 1.807) is 0 Å². The van der Waals surface area contributed by atoms with Crippen LogP contribution in [0.5, 0.6) is 0 Å². The molecule has 0 aromatic carbocycles. The smallest absolute Gasteiger partial charge is 0.362 e. The van der Waals surface area contributed by atoms with Crippen molar-refractivity contribution >= 4 is 52.3 Å². The van der Waals surface area contributed by atoms with Gasteiger partial charge < -0.3 is 20.6 Å². The van der Waals surface area contributed by atoms with Crippen molar-refractivity contribution in [1.29, 1.82) is 0 Å². The summed E-state index contributed by atoms with van der Waals surface area (Å²) < 4.78 is 30.9. The molecule has 0 aliphatic rings. The van der Waals surface area contributed by atoms with Crippen LogP contribution in [-0.4, -0.2) is 52.3 Å². The summed E-state index contributed by atoms with van der Waals surface area (Å²) in [5, 5.41) is 0. The van der Waals surface area contributed by atoms with Gasteiger partial charge in [0.15, 0.2) is 16.6 Å². The predicted molar refractivity (Wildman–Crippen MR) is 112 cm³/mol. The van der Waals surface area contributed by atoms with Crippen molar-refractivity contribution in [3.63, 3.8) is 0 Å². The van der Waals surface area contributed by atoms with Crippen molar-refractivity contribution in [2.24, 2.45) is 0 Å². The molecule has 0 saturated carbocycles. The van der Waals surface area contributed by atoms with Crippen molar-refractivity contribution < 1.29 is 53.3 Å². The minimum atomic E-state index is -2.13. The first-order valence-electron chi connectivity index (χ1n) is 8.18. The summed E-state index contributed by atoms with van der Waals surface area (Å²) in [5.41, 5.74) is 0. The third-order valence-corrected chi connectivity index (χ3v) is 20.5. The average molecular weight is 519 g/mol. The Morgan fingerprint density at radius 2 is 1.08 bits per heavy atom. The molecule has 0 spiro atoms. The van der Waals surface area contributed by atoms with Crippen LogP contribution in [0.15, 0.2) is 0 Å². The third kappa shape index (κ3) is 16.4. The van der Waals surface area contributed by atoms with E-state index in [4.69, 9.17) is 20.6 Å². The summed E-state index contributed by atoms with van der Waals surface area (Å²) in [4.78, 5) is 0. The van der Waals surface area contributed by atoms with Crippen LogP contribution in [0.25, 0.3) is 0 Å². The fourth-order valence-corrected chi connectivity index (χ4v) is 24.6. The first-order valence-corrected chi connectivity index (χ1v) is 24.5. The Labute approximate surface area is 182 Å². The van der Waals surface area contributed by atoms with Gasteiger partial charge in [-0.15, -0.1) is 0 Å². The van der Waals surface area contributed by atoms with Crippen molar-refractivity contribution in [2.45, 2.75) is 78.6 Å². The molecule has 0 aliphatic carbocycles. The Morgan fingerprint density at radius 1 is 0.708 bits per heavy atom. The summed E-state index contributed by atoms with van der Waals surface area (Å²) in [5.74, 6) is 0. The molecule has 0 amide bonds. The molecule has 0 N–H and O–H groups in total. The molecule has 0 heterocycles. The minimum Gasteiger partial charge on any atom is -0.437 e. The van der Waals surface area contributed by atoms with Crippen molar-refractivity contribution in [1.82, 2.24) is 0 Å². The Bertz CT molecular complexity index is 338. The molecule has 12 heteroatoms. The SMILES string of the molecule is C[Si](O[SiH](C)O[Si](C)(C)O[Si](C)(C)C)O[Si](C)(C)O[Si](C)(C)C.[Y]. The van der Waals surface area contributed by atoms with Gasteiger partial charge in [0, 0.05) is 32.7 Å². The second-order valence-corrected chi connectivity index (χ2v) is 29.1. The fourth-order valence-electron chi connectivity index (χ4n) is 2.55. The van der Waals surface area contributed by atoms with E-state index in [-0.39, 0.29) is 32.7 Å². The fraction of sp³-hybridized carbons (Fsp3) is 1.00. The van der Waals surface area contributed by atoms with Gasteiger partial charge in [-0.3, -0.25) is 0 Å². The molecule has 1 unspecified atom stereocenters. The molecule has 0 saturated heterocycles. The Hall–Kier alpha value is 2.21. The van der Waals surface area contributed by atoms with Gasteiger partial charge >= 0.3 is 26.4 Å². The zero-order valence-corrected chi connectivity index (χ0v) is 26.7. The topological polar surface area (TPSA) is 46.2 Å². The number of rotatable bonds is 10. The van der Waals surface area contributed by atoms with Gasteiger partial charge in [-0.1, -0.05) is 0 Å². The molecule has 0 rings (SSSR count). The maximum atomic E-state index is 6.21. The molecular weight excluding hydrogens is 482 g/mol. The monoisotopic (exact) mass is 518 g/mol. The van der Waals surface area contributed by atoms with Gasteiger partial charge in [0.2, 0.25) is 0 Å². The van der Waals surface area contributed by atoms with Crippen LogP contribution in [0.1, 0.15) is 0 Å². The van der Waals surface area contributed by atoms with Crippen molar-refractivity contribution in [3.05, 3.63) is 0 Å². The van der Waals surface area contributed by atoms with E-state index < -0.39 is 52.3 Å². The average Bonchev–Trinajstić information content (AvgIpc) is 2.03. The van der Waals surface area contributed by atoms with E-state index in [9.17, 15) is 0 Å². The van der Waals surface area contributed by atoms with Crippen molar-refractivity contribution in [2.75, 3.05) is 0 Å². The van der Waals surface area contributed by atoms with Gasteiger partial charge in [0.25, 0.3) is 9.28 Å². The van der Waals surface area contributed by atoms with E-state index in [1.807, 2.05) is 6.55 Å². The predicted octanol–water partition coefficient (Wildman–Crippen LogP) is 4.11.